The lowest BCUT2D eigenvalue weighted by molar-refractivity contribution is -0.304. The summed E-state index contributed by atoms with van der Waals surface area (Å²) in [4.78, 5) is 49.6. The molecule has 0 spiro atoms. The predicted molar refractivity (Wildman–Crippen MR) is 263 cm³/mol. The van der Waals surface area contributed by atoms with Crippen LogP contribution in [0.5, 0.6) is 0 Å². The summed E-state index contributed by atoms with van der Waals surface area (Å²) in [5.41, 5.74) is 1.09. The summed E-state index contributed by atoms with van der Waals surface area (Å²) in [6.45, 7) is 17.0. The van der Waals surface area contributed by atoms with Gasteiger partial charge in [0.15, 0.2) is 18.4 Å². The number of rotatable bonds is 17. The quantitative estimate of drug-likeness (QED) is 0.105. The van der Waals surface area contributed by atoms with E-state index in [1.807, 2.05) is 34.6 Å². The van der Waals surface area contributed by atoms with E-state index in [0.29, 0.717) is 19.5 Å². The number of carbonyl (C=O) groups excluding carboxylic acids is 3. The van der Waals surface area contributed by atoms with Gasteiger partial charge in [0.1, 0.15) is 62.4 Å². The van der Waals surface area contributed by atoms with Gasteiger partial charge in [0.25, 0.3) is 0 Å². The predicted octanol–water partition coefficient (Wildman–Crippen LogP) is 5.10. The molecule has 0 aliphatic carbocycles. The Morgan fingerprint density at radius 1 is 0.918 bits per heavy atom. The van der Waals surface area contributed by atoms with Gasteiger partial charge in [0.2, 0.25) is 5.79 Å². The van der Waals surface area contributed by atoms with Crippen LogP contribution >= 0.6 is 0 Å². The SMILES string of the molecule is CO/N=C1\C[C@@H](C)OC[C@@]1(O)O[C@H]1CC[C@H](O)C(=O)[C@H](COC(=O)CC(C)C)CC[C@@H]([C@@H](C)CO[C@@H]2O[C@H](C)[C@@H](O)[C@@H](OC)[C@H]2OC)OC(=O)[C@H](C)[C@@H](O[C@H]2CC(C)N(Cc3ccc(F)cc3)C[C@H](C)O2)[C@@H]1C. The number of esters is 2. The van der Waals surface area contributed by atoms with E-state index in [0.717, 1.165) is 5.56 Å². The van der Waals surface area contributed by atoms with E-state index >= 15 is 0 Å². The van der Waals surface area contributed by atoms with Crippen molar-refractivity contribution in [2.45, 2.75) is 199 Å². The number of aliphatic hydroxyl groups excluding tert-OH is 2. The maximum Gasteiger partial charge on any atom is 0.311 e. The van der Waals surface area contributed by atoms with Crippen molar-refractivity contribution in [3.8, 4) is 0 Å². The molecule has 4 aliphatic rings. The van der Waals surface area contributed by atoms with Crippen LogP contribution in [0.15, 0.2) is 29.4 Å². The number of methoxy groups -OCH3 is 2. The maximum atomic E-state index is 15.0. The minimum Gasteiger partial charge on any atom is -0.465 e. The summed E-state index contributed by atoms with van der Waals surface area (Å²) >= 11 is 0. The third-order valence-electron chi connectivity index (χ3n) is 14.7. The summed E-state index contributed by atoms with van der Waals surface area (Å²) in [7, 11) is 4.27. The standard InChI is InChI=1S/C53H85FN2O17/c1-29(2)21-44(58)66-27-38-15-19-41(30(3)26-67-52-50(64-11)49(63-10)46(59)36(9)70-52)71-51(61)35(8)48(72-45-22-31(4)56(24-33(6)69-45)25-37-13-16-39(54)17-14-37)34(7)42(20-18-40(57)47(38)60)73-53(62)28-68-32(5)23-43(53)55-65-12/h13-14,16-17,29-36,38,40-42,45-46,48-50,52,57,59,62H,15,18-28H2,1-12H3/b55-43+/t30-,31?,32+,33-,34+,35+,36+,38-,40-,41-,42-,45-,46+,48-,49+,50+,52+,53+/m0/s1. The number of ether oxygens (including phenoxy) is 10. The van der Waals surface area contributed by atoms with E-state index in [4.69, 9.17) is 52.2 Å². The first-order valence-electron chi connectivity index (χ1n) is 26.1. The van der Waals surface area contributed by atoms with E-state index < -0.39 is 109 Å². The third kappa shape index (κ3) is 16.9. The van der Waals surface area contributed by atoms with Crippen molar-refractivity contribution >= 4 is 23.4 Å². The molecule has 4 saturated heterocycles. The highest BCUT2D eigenvalue weighted by Gasteiger charge is 2.49. The second kappa shape index (κ2) is 28.2. The van der Waals surface area contributed by atoms with E-state index in [1.165, 1.54) is 33.5 Å². The smallest absolute Gasteiger partial charge is 0.311 e. The molecule has 0 radical (unpaired) electrons. The highest BCUT2D eigenvalue weighted by Crippen LogP contribution is 2.36. The molecule has 0 bridgehead atoms. The van der Waals surface area contributed by atoms with Crippen LogP contribution in [0.3, 0.4) is 0 Å². The van der Waals surface area contributed by atoms with Gasteiger partial charge in [-0.1, -0.05) is 45.0 Å². The molecular weight excluding hydrogens is 956 g/mol. The van der Waals surface area contributed by atoms with Crippen molar-refractivity contribution in [3.63, 3.8) is 0 Å². The van der Waals surface area contributed by atoms with Gasteiger partial charge in [-0.25, -0.2) is 4.39 Å². The average molecular weight is 1040 g/mol. The Labute approximate surface area is 430 Å². The molecule has 0 saturated carbocycles. The first-order chi connectivity index (χ1) is 34.6. The number of benzene rings is 1. The van der Waals surface area contributed by atoms with E-state index in [-0.39, 0.29) is 94.0 Å². The van der Waals surface area contributed by atoms with Crippen molar-refractivity contribution in [2.75, 3.05) is 47.7 Å². The molecule has 5 rings (SSSR count). The fraction of sp³-hybridized carbons (Fsp3) is 0.811. The van der Waals surface area contributed by atoms with Crippen LogP contribution in [0.2, 0.25) is 0 Å². The fourth-order valence-electron chi connectivity index (χ4n) is 10.2. The number of carbonyl (C=O) groups is 3. The number of hydrogen-bond donors (Lipinski definition) is 3. The molecule has 4 fully saturated rings. The Bertz CT molecular complexity index is 1910. The monoisotopic (exact) mass is 1040 g/mol. The number of Topliss-reactive ketones (excluding diaryl/α,β-unsaturated/α-hetero) is 1. The number of aliphatic hydroxyl groups is 3. The molecule has 3 N–H and O–H groups in total. The molecule has 1 aromatic rings. The Morgan fingerprint density at radius 3 is 2.27 bits per heavy atom. The zero-order chi connectivity index (χ0) is 53.7. The second-order valence-corrected chi connectivity index (χ2v) is 21.2. The molecule has 4 aliphatic heterocycles. The lowest BCUT2D eigenvalue weighted by atomic mass is 9.84. The first kappa shape index (κ1) is 60.6. The molecule has 416 valence electrons. The van der Waals surface area contributed by atoms with Gasteiger partial charge in [0, 0.05) is 64.4 Å². The number of ketones is 1. The second-order valence-electron chi connectivity index (χ2n) is 21.2. The molecule has 0 aromatic heterocycles. The van der Waals surface area contributed by atoms with Crippen molar-refractivity contribution < 1.29 is 86.3 Å². The molecule has 4 heterocycles. The van der Waals surface area contributed by atoms with Gasteiger partial charge in [0.05, 0.1) is 49.0 Å². The summed E-state index contributed by atoms with van der Waals surface area (Å²) in [6, 6.07) is 6.27. The molecule has 20 heteroatoms. The third-order valence-corrected chi connectivity index (χ3v) is 14.7. The van der Waals surface area contributed by atoms with Crippen LogP contribution in [0, 0.1) is 35.4 Å². The highest BCUT2D eigenvalue weighted by molar-refractivity contribution is 5.91. The van der Waals surface area contributed by atoms with Gasteiger partial charge in [-0.3, -0.25) is 19.3 Å². The fourth-order valence-corrected chi connectivity index (χ4v) is 10.2. The number of nitrogens with zero attached hydrogens (tertiary/aromatic N) is 2. The van der Waals surface area contributed by atoms with Crippen LogP contribution in [0.1, 0.15) is 113 Å². The van der Waals surface area contributed by atoms with Crippen LogP contribution in [-0.4, -0.2) is 177 Å². The zero-order valence-electron chi connectivity index (χ0n) is 45.0. The van der Waals surface area contributed by atoms with Gasteiger partial charge in [-0.05, 0) is 83.9 Å². The zero-order valence-corrected chi connectivity index (χ0v) is 45.0. The molecular formula is C53H85FN2O17. The Hall–Kier alpha value is -3.25. The van der Waals surface area contributed by atoms with Gasteiger partial charge < -0.3 is 67.5 Å². The Balaban J connectivity index is 1.52. The van der Waals surface area contributed by atoms with Crippen LogP contribution in [0.25, 0.3) is 0 Å². The van der Waals surface area contributed by atoms with E-state index in [2.05, 4.69) is 17.0 Å². The maximum absolute atomic E-state index is 15.0. The largest absolute Gasteiger partial charge is 0.465 e. The number of hydrogen-bond acceptors (Lipinski definition) is 19. The molecule has 18 atom stereocenters. The lowest BCUT2D eigenvalue weighted by Gasteiger charge is -2.43. The van der Waals surface area contributed by atoms with Crippen LogP contribution < -0.4 is 0 Å². The summed E-state index contributed by atoms with van der Waals surface area (Å²) in [6.07, 6.45) is -9.56. The van der Waals surface area contributed by atoms with Crippen LogP contribution in [0.4, 0.5) is 4.39 Å². The van der Waals surface area contributed by atoms with Crippen molar-refractivity contribution in [2.24, 2.45) is 34.7 Å². The van der Waals surface area contributed by atoms with Crippen LogP contribution in [-0.2, 0) is 73.1 Å². The van der Waals surface area contributed by atoms with E-state index in [1.54, 1.807) is 32.9 Å². The van der Waals surface area contributed by atoms with Crippen molar-refractivity contribution in [1.29, 1.82) is 0 Å². The molecule has 1 unspecified atom stereocenters. The van der Waals surface area contributed by atoms with Crippen molar-refractivity contribution in [1.82, 2.24) is 4.90 Å². The Morgan fingerprint density at radius 2 is 1.62 bits per heavy atom. The van der Waals surface area contributed by atoms with Gasteiger partial charge in [-0.15, -0.1) is 0 Å². The van der Waals surface area contributed by atoms with Gasteiger partial charge in [-0.2, -0.15) is 0 Å². The molecule has 19 nitrogen and oxygen atoms in total. The number of oxime groups is 1. The van der Waals surface area contributed by atoms with Gasteiger partial charge >= 0.3 is 11.9 Å². The summed E-state index contributed by atoms with van der Waals surface area (Å²) < 4.78 is 75.7. The Kier molecular flexibility index (Phi) is 23.4. The molecule has 1 aromatic carbocycles. The lowest BCUT2D eigenvalue weighted by Crippen LogP contribution is -2.59. The topological polar surface area (TPSA) is 229 Å². The minimum atomic E-state index is -2.12. The normalized spacial score (nSPS) is 37.8. The number of cyclic esters (lactones) is 1. The number of halogens is 1. The summed E-state index contributed by atoms with van der Waals surface area (Å²) in [5.74, 6) is -7.49. The van der Waals surface area contributed by atoms with E-state index in [9.17, 15) is 34.1 Å². The minimum absolute atomic E-state index is 0.00195. The highest BCUT2D eigenvalue weighted by atomic mass is 19.1. The average Bonchev–Trinajstić information content (AvgIpc) is 3.47. The first-order valence-corrected chi connectivity index (χ1v) is 26.1. The van der Waals surface area contributed by atoms with Crippen molar-refractivity contribution in [3.05, 3.63) is 35.6 Å². The summed E-state index contributed by atoms with van der Waals surface area (Å²) in [5, 5.41) is 38.9. The molecule has 0 amide bonds. The molecule has 73 heavy (non-hydrogen) atoms.